The first-order valence-electron chi connectivity index (χ1n) is 7.94. The van der Waals surface area contributed by atoms with Crippen molar-refractivity contribution in [2.45, 2.75) is 13.8 Å². The summed E-state index contributed by atoms with van der Waals surface area (Å²) in [6.45, 7) is 5.21. The van der Waals surface area contributed by atoms with Crippen LogP contribution in [0.25, 0.3) is 0 Å². The minimum atomic E-state index is -0.0609. The van der Waals surface area contributed by atoms with Crippen LogP contribution in [0.3, 0.4) is 0 Å². The average molecular weight is 328 g/mol. The van der Waals surface area contributed by atoms with Gasteiger partial charge in [0.2, 0.25) is 5.91 Å². The van der Waals surface area contributed by atoms with E-state index in [1.807, 2.05) is 43.3 Å². The summed E-state index contributed by atoms with van der Waals surface area (Å²) in [5.41, 5.74) is 3.35. The first-order valence-corrected chi connectivity index (χ1v) is 7.94. The maximum absolute atomic E-state index is 11.9. The summed E-state index contributed by atoms with van der Waals surface area (Å²) in [5.74, 6) is 1.47. The second-order valence-electron chi connectivity index (χ2n) is 5.47. The number of aryl methyl sites for hydroxylation is 1. The first kappa shape index (κ1) is 17.7. The summed E-state index contributed by atoms with van der Waals surface area (Å²) >= 11 is 0. The third-order valence-corrected chi connectivity index (χ3v) is 3.80. The van der Waals surface area contributed by atoms with Crippen molar-refractivity contribution in [3.8, 4) is 11.5 Å². The molecule has 5 heteroatoms. The molecule has 2 N–H and O–H groups in total. The Morgan fingerprint density at radius 3 is 2.46 bits per heavy atom. The summed E-state index contributed by atoms with van der Waals surface area (Å²) in [7, 11) is 1.62. The van der Waals surface area contributed by atoms with Crippen LogP contribution < -0.4 is 20.1 Å². The van der Waals surface area contributed by atoms with Crippen molar-refractivity contribution in [2.24, 2.45) is 0 Å². The Bertz CT molecular complexity index is 669. The third-order valence-electron chi connectivity index (χ3n) is 3.80. The van der Waals surface area contributed by atoms with Gasteiger partial charge in [0.1, 0.15) is 18.1 Å². The number of carbonyl (C=O) groups excluding carboxylic acids is 1. The molecule has 0 heterocycles. The molecule has 0 unspecified atom stereocenters. The molecular weight excluding hydrogens is 304 g/mol. The largest absolute Gasteiger partial charge is 0.497 e. The Labute approximate surface area is 143 Å². The van der Waals surface area contributed by atoms with E-state index in [2.05, 4.69) is 23.6 Å². The number of anilines is 1. The second-order valence-corrected chi connectivity index (χ2v) is 5.47. The lowest BCUT2D eigenvalue weighted by atomic mass is 10.1. The number of ether oxygens (including phenoxy) is 2. The smallest absolute Gasteiger partial charge is 0.239 e. The maximum Gasteiger partial charge on any atom is 0.239 e. The van der Waals surface area contributed by atoms with Gasteiger partial charge in [-0.3, -0.25) is 4.79 Å². The predicted octanol–water partition coefficient (Wildman–Crippen LogP) is 2.92. The first-order chi connectivity index (χ1) is 11.6. The Morgan fingerprint density at radius 1 is 1.04 bits per heavy atom. The monoisotopic (exact) mass is 328 g/mol. The summed E-state index contributed by atoms with van der Waals surface area (Å²) in [6.07, 6.45) is 0. The summed E-state index contributed by atoms with van der Waals surface area (Å²) < 4.78 is 10.6. The van der Waals surface area contributed by atoms with Crippen LogP contribution in [-0.2, 0) is 4.79 Å². The van der Waals surface area contributed by atoms with Crippen molar-refractivity contribution in [3.05, 3.63) is 53.6 Å². The predicted molar refractivity (Wildman–Crippen MR) is 95.9 cm³/mol. The number of benzene rings is 2. The molecule has 0 radical (unpaired) electrons. The molecule has 0 saturated carbocycles. The van der Waals surface area contributed by atoms with Crippen LogP contribution in [0.2, 0.25) is 0 Å². The van der Waals surface area contributed by atoms with Gasteiger partial charge in [0.05, 0.1) is 20.2 Å². The van der Waals surface area contributed by atoms with E-state index < -0.39 is 0 Å². The molecule has 5 nitrogen and oxygen atoms in total. The zero-order chi connectivity index (χ0) is 17.4. The molecule has 2 aromatic carbocycles. The van der Waals surface area contributed by atoms with Gasteiger partial charge in [-0.05, 0) is 55.3 Å². The van der Waals surface area contributed by atoms with Gasteiger partial charge in [-0.15, -0.1) is 0 Å². The highest BCUT2D eigenvalue weighted by Crippen LogP contribution is 2.18. The lowest BCUT2D eigenvalue weighted by Gasteiger charge is -2.12. The maximum atomic E-state index is 11.9. The number of rotatable bonds is 8. The molecule has 0 saturated heterocycles. The van der Waals surface area contributed by atoms with E-state index in [0.717, 1.165) is 22.7 Å². The molecular formula is C19H24N2O3. The fraction of sp³-hybridized carbons (Fsp3) is 0.316. The summed E-state index contributed by atoms with van der Waals surface area (Å²) in [4.78, 5) is 11.9. The highest BCUT2D eigenvalue weighted by atomic mass is 16.5. The summed E-state index contributed by atoms with van der Waals surface area (Å²) in [5, 5.41) is 5.99. The lowest BCUT2D eigenvalue weighted by Crippen LogP contribution is -2.33. The van der Waals surface area contributed by atoms with Gasteiger partial charge < -0.3 is 20.1 Å². The van der Waals surface area contributed by atoms with Gasteiger partial charge in [-0.2, -0.15) is 0 Å². The third kappa shape index (κ3) is 5.19. The van der Waals surface area contributed by atoms with Crippen molar-refractivity contribution in [1.29, 1.82) is 0 Å². The Kier molecular flexibility index (Phi) is 6.49. The summed E-state index contributed by atoms with van der Waals surface area (Å²) in [6, 6.07) is 13.3. The minimum Gasteiger partial charge on any atom is -0.497 e. The van der Waals surface area contributed by atoms with E-state index in [-0.39, 0.29) is 12.5 Å². The molecule has 2 aromatic rings. The molecule has 0 aromatic heterocycles. The quantitative estimate of drug-likeness (QED) is 0.732. The number of hydrogen-bond acceptors (Lipinski definition) is 4. The van der Waals surface area contributed by atoms with Crippen molar-refractivity contribution < 1.29 is 14.3 Å². The van der Waals surface area contributed by atoms with Gasteiger partial charge in [0.15, 0.2) is 0 Å². The van der Waals surface area contributed by atoms with Crippen LogP contribution in [0.1, 0.15) is 11.1 Å². The fourth-order valence-corrected chi connectivity index (χ4v) is 2.21. The van der Waals surface area contributed by atoms with Crippen molar-refractivity contribution in [2.75, 3.05) is 32.1 Å². The van der Waals surface area contributed by atoms with Crippen molar-refractivity contribution in [3.63, 3.8) is 0 Å². The molecule has 0 atom stereocenters. The molecule has 2 rings (SSSR count). The van der Waals surface area contributed by atoms with Crippen LogP contribution in [0.15, 0.2) is 42.5 Å². The normalized spacial score (nSPS) is 10.1. The second kappa shape index (κ2) is 8.82. The molecule has 0 fully saturated rings. The van der Waals surface area contributed by atoms with Gasteiger partial charge in [0, 0.05) is 5.69 Å². The highest BCUT2D eigenvalue weighted by molar-refractivity contribution is 5.81. The van der Waals surface area contributed by atoms with Crippen LogP contribution >= 0.6 is 0 Å². The van der Waals surface area contributed by atoms with E-state index in [9.17, 15) is 4.79 Å². The standard InChI is InChI=1S/C19H24N2O3/c1-14-5-4-6-18(15(14)2)21-13-19(22)20-11-12-24-17-9-7-16(23-3)8-10-17/h4-10,21H,11-13H2,1-3H3,(H,20,22). The zero-order valence-electron chi connectivity index (χ0n) is 14.4. The molecule has 1 amide bonds. The highest BCUT2D eigenvalue weighted by Gasteiger charge is 2.04. The van der Waals surface area contributed by atoms with Gasteiger partial charge in [-0.1, -0.05) is 12.1 Å². The molecule has 0 bridgehead atoms. The van der Waals surface area contributed by atoms with E-state index in [1.165, 1.54) is 5.56 Å². The molecule has 0 aliphatic rings. The van der Waals surface area contributed by atoms with E-state index in [1.54, 1.807) is 7.11 Å². The molecule has 0 aliphatic heterocycles. The minimum absolute atomic E-state index is 0.0609. The van der Waals surface area contributed by atoms with E-state index in [0.29, 0.717) is 13.2 Å². The molecule has 24 heavy (non-hydrogen) atoms. The number of nitrogens with one attached hydrogen (secondary N) is 2. The van der Waals surface area contributed by atoms with Crippen LogP contribution in [0.5, 0.6) is 11.5 Å². The van der Waals surface area contributed by atoms with Crippen molar-refractivity contribution >= 4 is 11.6 Å². The molecule has 0 aliphatic carbocycles. The lowest BCUT2D eigenvalue weighted by molar-refractivity contribution is -0.119. The number of hydrogen-bond donors (Lipinski definition) is 2. The molecule has 0 spiro atoms. The topological polar surface area (TPSA) is 59.6 Å². The van der Waals surface area contributed by atoms with Gasteiger partial charge >= 0.3 is 0 Å². The van der Waals surface area contributed by atoms with Crippen LogP contribution in [-0.4, -0.2) is 32.7 Å². The Hall–Kier alpha value is -2.69. The van der Waals surface area contributed by atoms with Gasteiger partial charge in [-0.25, -0.2) is 0 Å². The van der Waals surface area contributed by atoms with Crippen LogP contribution in [0.4, 0.5) is 5.69 Å². The average Bonchev–Trinajstić information content (AvgIpc) is 2.60. The van der Waals surface area contributed by atoms with Crippen LogP contribution in [0, 0.1) is 13.8 Å². The Morgan fingerprint density at radius 2 is 1.75 bits per heavy atom. The Balaban J connectivity index is 1.67. The number of carbonyl (C=O) groups is 1. The SMILES string of the molecule is COc1ccc(OCCNC(=O)CNc2cccc(C)c2C)cc1. The number of amides is 1. The van der Waals surface area contributed by atoms with Crippen molar-refractivity contribution in [1.82, 2.24) is 5.32 Å². The number of methoxy groups -OCH3 is 1. The molecule has 128 valence electrons. The van der Waals surface area contributed by atoms with E-state index >= 15 is 0 Å². The zero-order valence-corrected chi connectivity index (χ0v) is 14.4. The van der Waals surface area contributed by atoms with E-state index in [4.69, 9.17) is 9.47 Å². The fourth-order valence-electron chi connectivity index (χ4n) is 2.21. The van der Waals surface area contributed by atoms with Gasteiger partial charge in [0.25, 0.3) is 0 Å².